The standard InChI is InChI=1S/C27H22N8/c1-3-22-14-32-9-11-34(18-32)16-24-5-7-26(30-24)27-8-6-25(31-27)17-35-12-10-33(19-35)15-23-4-2-21(29-23)13-20(1)28-22/h1-17,28H,18-19H2. The molecule has 170 valence electrons. The summed E-state index contributed by atoms with van der Waals surface area (Å²) in [6, 6.07) is 4.15. The minimum absolute atomic E-state index is 0.706. The Bertz CT molecular complexity index is 1560. The molecule has 0 fully saturated rings. The summed E-state index contributed by atoms with van der Waals surface area (Å²) in [6.45, 7) is 1.43. The summed E-state index contributed by atoms with van der Waals surface area (Å²) in [5.41, 5.74) is 5.41. The van der Waals surface area contributed by atoms with Crippen molar-refractivity contribution in [2.45, 2.75) is 0 Å². The van der Waals surface area contributed by atoms with Gasteiger partial charge in [-0.1, -0.05) is 0 Å². The average molecular weight is 459 g/mol. The van der Waals surface area contributed by atoms with E-state index in [4.69, 9.17) is 15.0 Å². The number of hydrogen-bond acceptors (Lipinski definition) is 7. The zero-order chi connectivity index (χ0) is 23.2. The van der Waals surface area contributed by atoms with Gasteiger partial charge in [0.1, 0.15) is 0 Å². The van der Waals surface area contributed by atoms with Gasteiger partial charge in [0.05, 0.1) is 52.9 Å². The second kappa shape index (κ2) is 7.88. The first kappa shape index (κ1) is 19.6. The molecule has 0 spiro atoms. The first-order valence-corrected chi connectivity index (χ1v) is 11.5. The van der Waals surface area contributed by atoms with Crippen molar-refractivity contribution in [3.8, 4) is 0 Å². The van der Waals surface area contributed by atoms with Crippen LogP contribution in [0.3, 0.4) is 0 Å². The predicted molar refractivity (Wildman–Crippen MR) is 138 cm³/mol. The van der Waals surface area contributed by atoms with Crippen molar-refractivity contribution in [1.82, 2.24) is 24.6 Å². The minimum Gasteiger partial charge on any atom is -0.354 e. The summed E-state index contributed by atoms with van der Waals surface area (Å²) < 4.78 is 0. The topological polar surface area (TPSA) is 65.8 Å². The molecule has 0 aromatic carbocycles. The van der Waals surface area contributed by atoms with E-state index in [-0.39, 0.29) is 0 Å². The molecule has 0 atom stereocenters. The molecule has 0 saturated heterocycles. The molecule has 0 radical (unpaired) electrons. The van der Waals surface area contributed by atoms with E-state index in [1.54, 1.807) is 0 Å². The Kier molecular flexibility index (Phi) is 4.41. The lowest BCUT2D eigenvalue weighted by molar-refractivity contribution is 0.389. The highest BCUT2D eigenvalue weighted by atomic mass is 15.3. The number of nitrogens with one attached hydrogen (secondary N) is 1. The van der Waals surface area contributed by atoms with Crippen molar-refractivity contribution in [3.05, 3.63) is 120 Å². The number of fused-ring (bicyclic) bond motifs is 10. The number of hydrogen-bond donors (Lipinski definition) is 1. The summed E-state index contributed by atoms with van der Waals surface area (Å²) in [4.78, 5) is 26.2. The molecule has 1 aromatic rings. The Morgan fingerprint density at radius 2 is 1.06 bits per heavy atom. The van der Waals surface area contributed by atoms with Crippen molar-refractivity contribution in [3.63, 3.8) is 0 Å². The summed E-state index contributed by atoms with van der Waals surface area (Å²) in [5.74, 6) is 0. The maximum atomic E-state index is 4.77. The third kappa shape index (κ3) is 4.02. The van der Waals surface area contributed by atoms with Gasteiger partial charge in [0.2, 0.25) is 0 Å². The second-order valence-corrected chi connectivity index (χ2v) is 8.77. The van der Waals surface area contributed by atoms with E-state index < -0.39 is 0 Å². The van der Waals surface area contributed by atoms with Crippen molar-refractivity contribution in [1.29, 1.82) is 0 Å². The first-order valence-electron chi connectivity index (χ1n) is 11.5. The van der Waals surface area contributed by atoms with Crippen molar-refractivity contribution in [2.75, 3.05) is 13.3 Å². The summed E-state index contributed by atoms with van der Waals surface area (Å²) >= 11 is 0. The highest BCUT2D eigenvalue weighted by Crippen LogP contribution is 2.20. The zero-order valence-corrected chi connectivity index (χ0v) is 18.9. The fourth-order valence-electron chi connectivity index (χ4n) is 4.41. The monoisotopic (exact) mass is 458 g/mol. The molecule has 1 N–H and O–H groups in total. The SMILES string of the molecule is C1=CC2=NC1=CN1C=CN(C=C3C=CC(=N3)C3=NC(=CN4C=CN(C=c5ccc([nH]5)=C2)C4)C=C3)C1. The number of aliphatic imine (C=N–C) groups is 3. The Hall–Kier alpha value is -4.85. The van der Waals surface area contributed by atoms with E-state index >= 15 is 0 Å². The van der Waals surface area contributed by atoms with Gasteiger partial charge in [-0.2, -0.15) is 0 Å². The van der Waals surface area contributed by atoms with Crippen LogP contribution in [-0.2, 0) is 0 Å². The van der Waals surface area contributed by atoms with Gasteiger partial charge in [-0.05, 0) is 54.7 Å². The van der Waals surface area contributed by atoms with Crippen LogP contribution in [0.2, 0.25) is 0 Å². The normalized spacial score (nSPS) is 21.6. The van der Waals surface area contributed by atoms with Gasteiger partial charge in [0.25, 0.3) is 0 Å². The van der Waals surface area contributed by atoms with Gasteiger partial charge in [-0.25, -0.2) is 15.0 Å². The third-order valence-electron chi connectivity index (χ3n) is 6.05. The van der Waals surface area contributed by atoms with Crippen LogP contribution in [0.1, 0.15) is 0 Å². The van der Waals surface area contributed by atoms with Crippen LogP contribution in [0.25, 0.3) is 12.3 Å². The van der Waals surface area contributed by atoms with Gasteiger partial charge in [0.15, 0.2) is 0 Å². The van der Waals surface area contributed by atoms with Crippen LogP contribution >= 0.6 is 0 Å². The number of rotatable bonds is 0. The van der Waals surface area contributed by atoms with Crippen LogP contribution in [-0.4, -0.2) is 55.1 Å². The van der Waals surface area contributed by atoms with Crippen LogP contribution in [0.15, 0.2) is 124 Å². The maximum Gasteiger partial charge on any atom is 0.0979 e. The van der Waals surface area contributed by atoms with Crippen molar-refractivity contribution in [2.24, 2.45) is 15.0 Å². The molecule has 6 aliphatic rings. The van der Waals surface area contributed by atoms with Crippen LogP contribution < -0.4 is 10.7 Å². The van der Waals surface area contributed by atoms with Crippen LogP contribution in [0.5, 0.6) is 0 Å². The van der Waals surface area contributed by atoms with E-state index in [9.17, 15) is 0 Å². The Morgan fingerprint density at radius 1 is 0.543 bits per heavy atom. The lowest BCUT2D eigenvalue weighted by Crippen LogP contribution is -2.21. The minimum atomic E-state index is 0.706. The Balaban J connectivity index is 1.24. The van der Waals surface area contributed by atoms with Gasteiger partial charge in [-0.15, -0.1) is 0 Å². The molecule has 6 aliphatic heterocycles. The molecule has 1 aromatic heterocycles. The summed E-state index contributed by atoms with van der Waals surface area (Å²) in [6.07, 6.45) is 30.6. The molecule has 7 heterocycles. The van der Waals surface area contributed by atoms with E-state index in [0.29, 0.717) is 6.67 Å². The second-order valence-electron chi connectivity index (χ2n) is 8.77. The van der Waals surface area contributed by atoms with Crippen LogP contribution in [0, 0.1) is 0 Å². The predicted octanol–water partition coefficient (Wildman–Crippen LogP) is 2.20. The van der Waals surface area contributed by atoms with Gasteiger partial charge in [-0.3, -0.25) is 0 Å². The average Bonchev–Trinajstić information content (AvgIpc) is 3.65. The molecular weight excluding hydrogens is 436 g/mol. The fraction of sp³-hybridized carbons (Fsp3) is 0.0741. The molecule has 7 rings (SSSR count). The molecule has 8 nitrogen and oxygen atoms in total. The molecule has 0 unspecified atom stereocenters. The lowest BCUT2D eigenvalue weighted by atomic mass is 10.2. The summed E-state index contributed by atoms with van der Waals surface area (Å²) in [7, 11) is 0. The quantitative estimate of drug-likeness (QED) is 0.648. The van der Waals surface area contributed by atoms with E-state index in [1.807, 2.05) is 73.7 Å². The first-order chi connectivity index (χ1) is 17.2. The molecule has 8 heteroatoms. The zero-order valence-electron chi connectivity index (χ0n) is 18.9. The number of H-pyrrole nitrogens is 1. The maximum absolute atomic E-state index is 4.77. The molecule has 0 amide bonds. The van der Waals surface area contributed by atoms with E-state index in [2.05, 4.69) is 55.2 Å². The fourth-order valence-corrected chi connectivity index (χ4v) is 4.41. The molecular formula is C27H22N8. The van der Waals surface area contributed by atoms with E-state index in [0.717, 1.165) is 51.6 Å². The largest absolute Gasteiger partial charge is 0.354 e. The molecule has 0 aliphatic carbocycles. The highest BCUT2D eigenvalue weighted by Gasteiger charge is 2.17. The van der Waals surface area contributed by atoms with Crippen molar-refractivity contribution < 1.29 is 0 Å². The molecule has 35 heavy (non-hydrogen) atoms. The number of aromatic amines is 1. The van der Waals surface area contributed by atoms with Gasteiger partial charge >= 0.3 is 0 Å². The number of nitrogens with zero attached hydrogens (tertiary/aromatic N) is 7. The highest BCUT2D eigenvalue weighted by molar-refractivity contribution is 6.52. The summed E-state index contributed by atoms with van der Waals surface area (Å²) in [5, 5.41) is 2.05. The lowest BCUT2D eigenvalue weighted by Gasteiger charge is -2.15. The molecule has 12 bridgehead atoms. The van der Waals surface area contributed by atoms with Crippen molar-refractivity contribution >= 4 is 29.4 Å². The van der Waals surface area contributed by atoms with E-state index in [1.165, 1.54) is 0 Å². The van der Waals surface area contributed by atoms with Crippen LogP contribution in [0.4, 0.5) is 0 Å². The third-order valence-corrected chi connectivity index (χ3v) is 6.05. The number of aromatic nitrogens is 1. The Labute approximate surface area is 202 Å². The van der Waals surface area contributed by atoms with Gasteiger partial charge < -0.3 is 24.6 Å². The smallest absolute Gasteiger partial charge is 0.0979 e. The Morgan fingerprint density at radius 3 is 1.69 bits per heavy atom. The number of allylic oxidation sites excluding steroid dienone is 6. The molecule has 0 saturated carbocycles. The van der Waals surface area contributed by atoms with Gasteiger partial charge in [0, 0.05) is 54.9 Å².